The number of aromatic nitrogens is 5. The molecule has 7 nitrogen and oxygen atoms in total. The maximum Gasteiger partial charge on any atom is 0.247 e. The van der Waals surface area contributed by atoms with Crippen molar-refractivity contribution in [1.29, 1.82) is 0 Å². The van der Waals surface area contributed by atoms with Crippen LogP contribution in [0.3, 0.4) is 0 Å². The number of nitrogens with zero attached hydrogens (tertiary/aromatic N) is 5. The van der Waals surface area contributed by atoms with E-state index in [1.165, 1.54) is 6.39 Å². The first kappa shape index (κ1) is 13.7. The summed E-state index contributed by atoms with van der Waals surface area (Å²) in [6.07, 6.45) is 3.00. The third kappa shape index (κ3) is 2.51. The molecule has 0 aliphatic heterocycles. The van der Waals surface area contributed by atoms with E-state index in [1.54, 1.807) is 28.9 Å². The number of hydrogen-bond acceptors (Lipinski definition) is 6. The van der Waals surface area contributed by atoms with Gasteiger partial charge in [-0.2, -0.15) is 9.61 Å². The Morgan fingerprint density at radius 3 is 2.78 bits per heavy atom. The molecule has 23 heavy (non-hydrogen) atoms. The molecule has 1 aromatic carbocycles. The second-order valence-corrected chi connectivity index (χ2v) is 5.24. The van der Waals surface area contributed by atoms with Gasteiger partial charge in [-0.3, -0.25) is 0 Å². The smallest absolute Gasteiger partial charge is 0.247 e. The summed E-state index contributed by atoms with van der Waals surface area (Å²) in [6.45, 7) is 1.91. The number of rotatable bonds is 3. The van der Waals surface area contributed by atoms with Crippen LogP contribution in [0.5, 0.6) is 11.6 Å². The topological polar surface area (TPSA) is 78.3 Å². The minimum absolute atomic E-state index is 0.346. The van der Waals surface area contributed by atoms with Crippen molar-refractivity contribution in [1.82, 2.24) is 24.8 Å². The molecule has 0 atom stereocenters. The Morgan fingerprint density at radius 1 is 1.22 bits per heavy atom. The van der Waals surface area contributed by atoms with Crippen LogP contribution in [-0.2, 0) is 0 Å². The van der Waals surface area contributed by atoms with Crippen LogP contribution in [0.1, 0.15) is 5.56 Å². The predicted molar refractivity (Wildman–Crippen MR) is 82.5 cm³/mol. The van der Waals surface area contributed by atoms with Gasteiger partial charge in [-0.15, -0.1) is 10.2 Å². The van der Waals surface area contributed by atoms with Crippen LogP contribution in [-0.4, -0.2) is 24.8 Å². The van der Waals surface area contributed by atoms with Crippen LogP contribution in [0.4, 0.5) is 0 Å². The highest BCUT2D eigenvalue weighted by Crippen LogP contribution is 2.27. The molecule has 0 amide bonds. The normalized spacial score (nSPS) is 11.0. The third-order valence-electron chi connectivity index (χ3n) is 3.27. The lowest BCUT2D eigenvalue weighted by molar-refractivity contribution is 0.446. The summed E-state index contributed by atoms with van der Waals surface area (Å²) in [6, 6.07) is 8.88. The summed E-state index contributed by atoms with van der Waals surface area (Å²) in [5.41, 5.74) is 2.39. The van der Waals surface area contributed by atoms with Crippen LogP contribution in [0.15, 0.2) is 47.3 Å². The van der Waals surface area contributed by atoms with E-state index in [9.17, 15) is 0 Å². The highest BCUT2D eigenvalue weighted by atomic mass is 35.5. The molecule has 4 rings (SSSR count). The zero-order valence-corrected chi connectivity index (χ0v) is 12.7. The van der Waals surface area contributed by atoms with E-state index < -0.39 is 0 Å². The molecule has 0 unspecified atom stereocenters. The summed E-state index contributed by atoms with van der Waals surface area (Å²) < 4.78 is 12.6. The van der Waals surface area contributed by atoms with Gasteiger partial charge in [0.05, 0.1) is 6.20 Å². The van der Waals surface area contributed by atoms with Crippen LogP contribution in [0.25, 0.3) is 17.1 Å². The lowest BCUT2D eigenvalue weighted by Crippen LogP contribution is -1.97. The zero-order valence-electron chi connectivity index (χ0n) is 12.0. The average molecular weight is 328 g/mol. The van der Waals surface area contributed by atoms with Gasteiger partial charge in [-0.1, -0.05) is 11.6 Å². The van der Waals surface area contributed by atoms with Crippen molar-refractivity contribution in [2.75, 3.05) is 0 Å². The number of halogens is 1. The van der Waals surface area contributed by atoms with E-state index in [-0.39, 0.29) is 0 Å². The van der Waals surface area contributed by atoms with Crippen LogP contribution < -0.4 is 4.74 Å². The van der Waals surface area contributed by atoms with E-state index in [0.29, 0.717) is 28.3 Å². The molecule has 0 N–H and O–H groups in total. The van der Waals surface area contributed by atoms with E-state index in [0.717, 1.165) is 11.1 Å². The van der Waals surface area contributed by atoms with Crippen LogP contribution >= 0.6 is 11.6 Å². The first-order valence-electron chi connectivity index (χ1n) is 6.76. The predicted octanol–water partition coefficient (Wildman–Crippen LogP) is 3.53. The second-order valence-electron chi connectivity index (χ2n) is 4.85. The maximum absolute atomic E-state index is 6.05. The number of hydrogen-bond donors (Lipinski definition) is 0. The first-order valence-corrected chi connectivity index (χ1v) is 7.14. The molecule has 0 aliphatic rings. The Hall–Kier alpha value is -2.93. The first-order chi connectivity index (χ1) is 11.2. The molecule has 0 spiro atoms. The Bertz CT molecular complexity index is 964. The molecule has 0 radical (unpaired) electrons. The quantitative estimate of drug-likeness (QED) is 0.536. The molecule has 8 heteroatoms. The molecule has 3 aromatic heterocycles. The summed E-state index contributed by atoms with van der Waals surface area (Å²) in [4.78, 5) is 4.24. The van der Waals surface area contributed by atoms with Crippen molar-refractivity contribution in [3.05, 3.63) is 53.6 Å². The molecule has 0 saturated heterocycles. The molecular formula is C15H10ClN5O2. The van der Waals surface area contributed by atoms with Gasteiger partial charge in [-0.25, -0.2) is 4.98 Å². The van der Waals surface area contributed by atoms with Crippen molar-refractivity contribution in [3.8, 4) is 23.1 Å². The fraction of sp³-hybridized carbons (Fsp3) is 0.0667. The van der Waals surface area contributed by atoms with E-state index in [4.69, 9.17) is 20.8 Å². The van der Waals surface area contributed by atoms with Crippen molar-refractivity contribution in [3.63, 3.8) is 0 Å². The Morgan fingerprint density at radius 2 is 2.04 bits per heavy atom. The molecule has 114 valence electrons. The van der Waals surface area contributed by atoms with Crippen molar-refractivity contribution >= 4 is 17.2 Å². The van der Waals surface area contributed by atoms with Gasteiger partial charge in [-0.05, 0) is 31.2 Å². The number of aryl methyl sites for hydroxylation is 1. The van der Waals surface area contributed by atoms with E-state index in [1.807, 2.05) is 19.1 Å². The molecular weight excluding hydrogens is 318 g/mol. The maximum atomic E-state index is 6.05. The molecule has 3 heterocycles. The fourth-order valence-electron chi connectivity index (χ4n) is 2.17. The molecule has 0 aliphatic carbocycles. The van der Waals surface area contributed by atoms with Crippen molar-refractivity contribution < 1.29 is 9.15 Å². The molecule has 4 aromatic rings. The van der Waals surface area contributed by atoms with Gasteiger partial charge in [0.15, 0.2) is 5.65 Å². The third-order valence-corrected chi connectivity index (χ3v) is 3.46. The Labute approximate surface area is 135 Å². The number of ether oxygens (including phenoxy) is 1. The highest BCUT2D eigenvalue weighted by molar-refractivity contribution is 6.29. The Kier molecular flexibility index (Phi) is 3.20. The second kappa shape index (κ2) is 5.36. The van der Waals surface area contributed by atoms with Gasteiger partial charge in [0.2, 0.25) is 18.2 Å². The molecule has 0 bridgehead atoms. The Balaban J connectivity index is 1.68. The number of benzene rings is 1. The lowest BCUT2D eigenvalue weighted by atomic mass is 10.2. The zero-order chi connectivity index (χ0) is 15.8. The van der Waals surface area contributed by atoms with E-state index >= 15 is 0 Å². The lowest BCUT2D eigenvalue weighted by Gasteiger charge is -2.08. The number of fused-ring (bicyclic) bond motifs is 1. The van der Waals surface area contributed by atoms with Crippen molar-refractivity contribution in [2.24, 2.45) is 0 Å². The van der Waals surface area contributed by atoms with E-state index in [2.05, 4.69) is 20.3 Å². The summed E-state index contributed by atoms with van der Waals surface area (Å²) in [5.74, 6) is 1.57. The van der Waals surface area contributed by atoms with Gasteiger partial charge in [0.25, 0.3) is 0 Å². The standard InChI is InChI=1S/C15H10ClN5O2/c1-9-7-18-21-13(6-12(16)19-14(9)21)23-11-4-2-10(3-5-11)15-20-17-8-22-15/h2-8H,1H3. The van der Waals surface area contributed by atoms with Gasteiger partial charge < -0.3 is 9.15 Å². The highest BCUT2D eigenvalue weighted by Gasteiger charge is 2.11. The van der Waals surface area contributed by atoms with Gasteiger partial charge >= 0.3 is 0 Å². The van der Waals surface area contributed by atoms with Gasteiger partial charge in [0, 0.05) is 17.2 Å². The summed E-state index contributed by atoms with van der Waals surface area (Å²) in [7, 11) is 0. The monoisotopic (exact) mass is 327 g/mol. The molecule has 0 fully saturated rings. The van der Waals surface area contributed by atoms with Gasteiger partial charge in [0.1, 0.15) is 10.9 Å². The minimum Gasteiger partial charge on any atom is -0.439 e. The molecule has 0 saturated carbocycles. The minimum atomic E-state index is 0.346. The average Bonchev–Trinajstić information content (AvgIpc) is 3.19. The SMILES string of the molecule is Cc1cnn2c(Oc3ccc(-c4nnco4)cc3)cc(Cl)nc12. The van der Waals surface area contributed by atoms with Crippen LogP contribution in [0.2, 0.25) is 5.15 Å². The summed E-state index contributed by atoms with van der Waals surface area (Å²) in [5, 5.41) is 12.1. The summed E-state index contributed by atoms with van der Waals surface area (Å²) >= 11 is 6.05. The largest absolute Gasteiger partial charge is 0.439 e. The van der Waals surface area contributed by atoms with Crippen LogP contribution in [0, 0.1) is 6.92 Å². The van der Waals surface area contributed by atoms with Crippen molar-refractivity contribution in [2.45, 2.75) is 6.92 Å². The fourth-order valence-corrected chi connectivity index (χ4v) is 2.35.